The predicted octanol–water partition coefficient (Wildman–Crippen LogP) is 3.64. The van der Waals surface area contributed by atoms with Crippen LogP contribution in [0.2, 0.25) is 0 Å². The van der Waals surface area contributed by atoms with Crippen molar-refractivity contribution in [2.75, 3.05) is 17.2 Å². The number of anilines is 1. The standard InChI is InChI=1S/C19H19N3OS/c1-21-17-11-5-3-9-15(17)20-19(21)24-13-18(23)22-12-6-8-14-7-2-4-10-16(14)22/h2-5,7,9-11H,6,8,12-13H2,1H3. The first-order chi connectivity index (χ1) is 11.7. The molecule has 1 amide bonds. The van der Waals surface area contributed by atoms with E-state index in [2.05, 4.69) is 21.7 Å². The maximum atomic E-state index is 12.7. The number of carbonyl (C=O) groups is 1. The summed E-state index contributed by atoms with van der Waals surface area (Å²) in [5, 5.41) is 0.884. The minimum Gasteiger partial charge on any atom is -0.322 e. The molecule has 0 radical (unpaired) electrons. The van der Waals surface area contributed by atoms with E-state index >= 15 is 0 Å². The van der Waals surface area contributed by atoms with Crippen LogP contribution in [0, 0.1) is 0 Å². The lowest BCUT2D eigenvalue weighted by Gasteiger charge is -2.29. The molecule has 0 N–H and O–H groups in total. The van der Waals surface area contributed by atoms with E-state index < -0.39 is 0 Å². The van der Waals surface area contributed by atoms with Crippen LogP contribution < -0.4 is 4.90 Å². The third kappa shape index (κ3) is 2.69. The molecule has 0 unspecified atom stereocenters. The summed E-state index contributed by atoms with van der Waals surface area (Å²) in [6.07, 6.45) is 2.08. The highest BCUT2D eigenvalue weighted by Gasteiger charge is 2.22. The number of aryl methyl sites for hydroxylation is 2. The summed E-state index contributed by atoms with van der Waals surface area (Å²) >= 11 is 1.51. The van der Waals surface area contributed by atoms with Gasteiger partial charge in [0.2, 0.25) is 5.91 Å². The number of hydrogen-bond donors (Lipinski definition) is 0. The van der Waals surface area contributed by atoms with E-state index in [-0.39, 0.29) is 5.91 Å². The molecule has 0 aliphatic carbocycles. The van der Waals surface area contributed by atoms with Gasteiger partial charge in [0, 0.05) is 19.3 Å². The van der Waals surface area contributed by atoms with Gasteiger partial charge in [-0.15, -0.1) is 0 Å². The zero-order chi connectivity index (χ0) is 16.5. The van der Waals surface area contributed by atoms with E-state index in [0.717, 1.165) is 41.3 Å². The first-order valence-electron chi connectivity index (χ1n) is 8.16. The summed E-state index contributed by atoms with van der Waals surface area (Å²) in [7, 11) is 2.00. The van der Waals surface area contributed by atoms with Crippen LogP contribution in [0.15, 0.2) is 53.7 Å². The fourth-order valence-electron chi connectivity index (χ4n) is 3.25. The molecule has 0 spiro atoms. The lowest BCUT2D eigenvalue weighted by molar-refractivity contribution is -0.116. The Morgan fingerprint density at radius 3 is 2.83 bits per heavy atom. The van der Waals surface area contributed by atoms with Gasteiger partial charge in [0.05, 0.1) is 16.8 Å². The average Bonchev–Trinajstić information content (AvgIpc) is 2.95. The third-order valence-electron chi connectivity index (χ3n) is 4.48. The Morgan fingerprint density at radius 1 is 1.17 bits per heavy atom. The zero-order valence-corrected chi connectivity index (χ0v) is 14.4. The number of fused-ring (bicyclic) bond motifs is 2. The van der Waals surface area contributed by atoms with Crippen LogP contribution in [-0.2, 0) is 18.3 Å². The highest BCUT2D eigenvalue weighted by Crippen LogP contribution is 2.28. The van der Waals surface area contributed by atoms with Gasteiger partial charge in [-0.05, 0) is 36.6 Å². The van der Waals surface area contributed by atoms with Crippen molar-refractivity contribution in [3.05, 3.63) is 54.1 Å². The van der Waals surface area contributed by atoms with Crippen LogP contribution in [0.1, 0.15) is 12.0 Å². The smallest absolute Gasteiger partial charge is 0.237 e. The molecule has 0 bridgehead atoms. The van der Waals surface area contributed by atoms with Crippen LogP contribution in [0.3, 0.4) is 0 Å². The number of amides is 1. The summed E-state index contributed by atoms with van der Waals surface area (Å²) < 4.78 is 2.05. The summed E-state index contributed by atoms with van der Waals surface area (Å²) in [5.41, 5.74) is 4.40. The van der Waals surface area contributed by atoms with Crippen LogP contribution in [0.4, 0.5) is 5.69 Å². The molecule has 0 fully saturated rings. The highest BCUT2D eigenvalue weighted by atomic mass is 32.2. The molecule has 3 aromatic rings. The number of benzene rings is 2. The van der Waals surface area contributed by atoms with E-state index in [9.17, 15) is 4.79 Å². The number of imidazole rings is 1. The number of aromatic nitrogens is 2. The van der Waals surface area contributed by atoms with E-state index in [0.29, 0.717) is 5.75 Å². The SMILES string of the molecule is Cn1c(SCC(=O)N2CCCc3ccccc32)nc2ccccc21. The Balaban J connectivity index is 1.52. The van der Waals surface area contributed by atoms with Crippen molar-refractivity contribution in [3.63, 3.8) is 0 Å². The first kappa shape index (κ1) is 15.3. The molecule has 5 heteroatoms. The Labute approximate surface area is 145 Å². The molecule has 1 aliphatic heterocycles. The second-order valence-corrected chi connectivity index (χ2v) is 6.95. The number of hydrogen-bond acceptors (Lipinski definition) is 3. The maximum Gasteiger partial charge on any atom is 0.237 e. The summed E-state index contributed by atoms with van der Waals surface area (Å²) in [6.45, 7) is 0.805. The van der Waals surface area contributed by atoms with Crippen molar-refractivity contribution in [1.29, 1.82) is 0 Å². The Morgan fingerprint density at radius 2 is 1.96 bits per heavy atom. The molecular weight excluding hydrogens is 318 g/mol. The number of thioether (sulfide) groups is 1. The van der Waals surface area contributed by atoms with Crippen molar-refractivity contribution in [1.82, 2.24) is 9.55 Å². The number of para-hydroxylation sites is 3. The summed E-state index contributed by atoms with van der Waals surface area (Å²) in [5.74, 6) is 0.560. The fourth-order valence-corrected chi connectivity index (χ4v) is 4.11. The molecule has 4 nitrogen and oxygen atoms in total. The van der Waals surface area contributed by atoms with Crippen molar-refractivity contribution in [3.8, 4) is 0 Å². The molecule has 0 atom stereocenters. The lowest BCUT2D eigenvalue weighted by Crippen LogP contribution is -2.36. The molecule has 1 aromatic heterocycles. The third-order valence-corrected chi connectivity index (χ3v) is 5.50. The molecule has 4 rings (SSSR count). The molecule has 122 valence electrons. The topological polar surface area (TPSA) is 38.1 Å². The number of carbonyl (C=O) groups excluding carboxylic acids is 1. The molecule has 1 aliphatic rings. The molecule has 2 aromatic carbocycles. The minimum atomic E-state index is 0.152. The van der Waals surface area contributed by atoms with Gasteiger partial charge in [-0.3, -0.25) is 4.79 Å². The summed E-state index contributed by atoms with van der Waals surface area (Å²) in [6, 6.07) is 16.3. The van der Waals surface area contributed by atoms with Crippen molar-refractivity contribution in [2.24, 2.45) is 7.05 Å². The molecule has 2 heterocycles. The molecule has 0 saturated heterocycles. The van der Waals surface area contributed by atoms with Gasteiger partial charge in [-0.2, -0.15) is 0 Å². The second kappa shape index (κ2) is 6.32. The minimum absolute atomic E-state index is 0.152. The Kier molecular flexibility index (Phi) is 4.02. The normalized spacial score (nSPS) is 14.0. The van der Waals surface area contributed by atoms with Gasteiger partial charge in [0.1, 0.15) is 0 Å². The first-order valence-corrected chi connectivity index (χ1v) is 9.15. The van der Waals surface area contributed by atoms with Gasteiger partial charge in [0.15, 0.2) is 5.16 Å². The van der Waals surface area contributed by atoms with E-state index in [1.807, 2.05) is 48.3 Å². The zero-order valence-electron chi connectivity index (χ0n) is 13.6. The van der Waals surface area contributed by atoms with Gasteiger partial charge in [-0.1, -0.05) is 42.1 Å². The highest BCUT2D eigenvalue weighted by molar-refractivity contribution is 7.99. The monoisotopic (exact) mass is 337 g/mol. The molecular formula is C19H19N3OS. The summed E-state index contributed by atoms with van der Waals surface area (Å²) in [4.78, 5) is 19.3. The van der Waals surface area contributed by atoms with E-state index in [1.54, 1.807) is 0 Å². The predicted molar refractivity (Wildman–Crippen MR) is 98.6 cm³/mol. The van der Waals surface area contributed by atoms with Gasteiger partial charge in [0.25, 0.3) is 0 Å². The van der Waals surface area contributed by atoms with Crippen molar-refractivity contribution in [2.45, 2.75) is 18.0 Å². The van der Waals surface area contributed by atoms with Gasteiger partial charge in [-0.25, -0.2) is 4.98 Å². The van der Waals surface area contributed by atoms with E-state index in [4.69, 9.17) is 0 Å². The van der Waals surface area contributed by atoms with E-state index in [1.165, 1.54) is 17.3 Å². The quantitative estimate of drug-likeness (QED) is 0.685. The molecule has 0 saturated carbocycles. The Hall–Kier alpha value is -2.27. The largest absolute Gasteiger partial charge is 0.322 e. The van der Waals surface area contributed by atoms with Crippen molar-refractivity contribution >= 4 is 34.4 Å². The van der Waals surface area contributed by atoms with Crippen LogP contribution in [0.5, 0.6) is 0 Å². The maximum absolute atomic E-state index is 12.7. The lowest BCUT2D eigenvalue weighted by atomic mass is 10.0. The van der Waals surface area contributed by atoms with Crippen LogP contribution >= 0.6 is 11.8 Å². The molecule has 24 heavy (non-hydrogen) atoms. The second-order valence-electron chi connectivity index (χ2n) is 6.01. The fraction of sp³-hybridized carbons (Fsp3) is 0.263. The average molecular weight is 337 g/mol. The Bertz CT molecular complexity index is 903. The van der Waals surface area contributed by atoms with Gasteiger partial charge >= 0.3 is 0 Å². The van der Waals surface area contributed by atoms with Gasteiger partial charge < -0.3 is 9.47 Å². The van der Waals surface area contributed by atoms with Crippen molar-refractivity contribution < 1.29 is 4.79 Å². The number of rotatable bonds is 3. The van der Waals surface area contributed by atoms with Crippen LogP contribution in [0.25, 0.3) is 11.0 Å². The van der Waals surface area contributed by atoms with Crippen LogP contribution in [-0.4, -0.2) is 27.8 Å². The number of nitrogens with zero attached hydrogens (tertiary/aromatic N) is 3.